The second kappa shape index (κ2) is 4.33. The van der Waals surface area contributed by atoms with E-state index in [4.69, 9.17) is 9.68 Å². The Morgan fingerprint density at radius 1 is 1.56 bits per heavy atom. The highest BCUT2D eigenvalue weighted by molar-refractivity contribution is 5.73. The third-order valence-corrected chi connectivity index (χ3v) is 2.56. The van der Waals surface area contributed by atoms with E-state index in [2.05, 4.69) is 16.4 Å². The molecule has 0 amide bonds. The molecule has 0 fully saturated rings. The molecule has 0 saturated carbocycles. The minimum Gasteiger partial charge on any atom is -0.441 e. The van der Waals surface area contributed by atoms with Gasteiger partial charge in [-0.25, -0.2) is 4.98 Å². The van der Waals surface area contributed by atoms with Gasteiger partial charge in [-0.3, -0.25) is 0 Å². The second-order valence-corrected chi connectivity index (χ2v) is 3.66. The molecule has 4 nitrogen and oxygen atoms in total. The monoisotopic (exact) mass is 215 g/mol. The van der Waals surface area contributed by atoms with Crippen molar-refractivity contribution in [2.75, 3.05) is 7.05 Å². The molecule has 0 aliphatic carbocycles. The first-order valence-corrected chi connectivity index (χ1v) is 5.16. The van der Waals surface area contributed by atoms with Crippen molar-refractivity contribution in [1.82, 2.24) is 10.3 Å². The normalized spacial score (nSPS) is 12.6. The number of hydrogen-bond acceptors (Lipinski definition) is 4. The summed E-state index contributed by atoms with van der Waals surface area (Å²) in [5.41, 5.74) is 2.69. The van der Waals surface area contributed by atoms with Crippen LogP contribution in [0.5, 0.6) is 0 Å². The van der Waals surface area contributed by atoms with Crippen molar-refractivity contribution in [1.29, 1.82) is 5.26 Å². The van der Waals surface area contributed by atoms with E-state index in [0.717, 1.165) is 16.7 Å². The fourth-order valence-electron chi connectivity index (χ4n) is 1.75. The highest BCUT2D eigenvalue weighted by Crippen LogP contribution is 2.22. The van der Waals surface area contributed by atoms with Crippen molar-refractivity contribution in [3.05, 3.63) is 29.7 Å². The van der Waals surface area contributed by atoms with Crippen LogP contribution in [0.15, 0.2) is 22.6 Å². The molecule has 1 unspecified atom stereocenters. The maximum absolute atomic E-state index is 8.72. The summed E-state index contributed by atoms with van der Waals surface area (Å²) in [5, 5.41) is 11.8. The maximum atomic E-state index is 8.72. The average Bonchev–Trinajstić information content (AvgIpc) is 2.64. The molecular weight excluding hydrogens is 202 g/mol. The number of fused-ring (bicyclic) bond motifs is 1. The van der Waals surface area contributed by atoms with Gasteiger partial charge < -0.3 is 9.73 Å². The Morgan fingerprint density at radius 2 is 2.38 bits per heavy atom. The van der Waals surface area contributed by atoms with Crippen molar-refractivity contribution >= 4 is 11.1 Å². The average molecular weight is 215 g/mol. The SMILES string of the molecule is CNC(CC#N)c1ccc2oc(C)nc2c1. The van der Waals surface area contributed by atoms with Gasteiger partial charge in [-0.15, -0.1) is 0 Å². The van der Waals surface area contributed by atoms with Crippen LogP contribution in [0, 0.1) is 18.3 Å². The molecule has 82 valence electrons. The number of rotatable bonds is 3. The number of aromatic nitrogens is 1. The van der Waals surface area contributed by atoms with Crippen LogP contribution in [0.3, 0.4) is 0 Å². The Morgan fingerprint density at radius 3 is 3.06 bits per heavy atom. The van der Waals surface area contributed by atoms with Crippen LogP contribution in [0.2, 0.25) is 0 Å². The molecule has 2 rings (SSSR count). The maximum Gasteiger partial charge on any atom is 0.192 e. The van der Waals surface area contributed by atoms with Crippen LogP contribution >= 0.6 is 0 Å². The Balaban J connectivity index is 2.41. The van der Waals surface area contributed by atoms with Gasteiger partial charge in [0.15, 0.2) is 11.5 Å². The van der Waals surface area contributed by atoms with Gasteiger partial charge in [0.2, 0.25) is 0 Å². The van der Waals surface area contributed by atoms with Gasteiger partial charge >= 0.3 is 0 Å². The third kappa shape index (κ3) is 1.90. The first kappa shape index (κ1) is 10.7. The van der Waals surface area contributed by atoms with Crippen molar-refractivity contribution in [2.24, 2.45) is 0 Å². The van der Waals surface area contributed by atoms with Gasteiger partial charge in [0.1, 0.15) is 5.52 Å². The standard InChI is InChI=1S/C12H13N3O/c1-8-15-11-7-9(3-4-12(11)16-8)10(14-2)5-6-13/h3-4,7,10,14H,5H2,1-2H3. The minimum atomic E-state index is 0.0476. The summed E-state index contributed by atoms with van der Waals surface area (Å²) in [4.78, 5) is 4.27. The Kier molecular flexibility index (Phi) is 2.88. The molecule has 16 heavy (non-hydrogen) atoms. The predicted molar refractivity (Wildman–Crippen MR) is 60.8 cm³/mol. The van der Waals surface area contributed by atoms with E-state index in [9.17, 15) is 0 Å². The molecule has 0 saturated heterocycles. The molecule has 4 heteroatoms. The zero-order valence-electron chi connectivity index (χ0n) is 9.32. The number of hydrogen-bond donors (Lipinski definition) is 1. The molecular formula is C12H13N3O. The molecule has 1 atom stereocenters. The zero-order chi connectivity index (χ0) is 11.5. The summed E-state index contributed by atoms with van der Waals surface area (Å²) < 4.78 is 5.40. The lowest BCUT2D eigenvalue weighted by Gasteiger charge is -2.12. The molecule has 0 radical (unpaired) electrons. The van der Waals surface area contributed by atoms with Gasteiger partial charge in [0, 0.05) is 13.0 Å². The lowest BCUT2D eigenvalue weighted by atomic mass is 10.0. The molecule has 2 aromatic rings. The van der Waals surface area contributed by atoms with Crippen molar-refractivity contribution in [2.45, 2.75) is 19.4 Å². The summed E-state index contributed by atoms with van der Waals surface area (Å²) >= 11 is 0. The third-order valence-electron chi connectivity index (χ3n) is 2.56. The summed E-state index contributed by atoms with van der Waals surface area (Å²) in [5.74, 6) is 0.661. The largest absolute Gasteiger partial charge is 0.441 e. The Bertz CT molecular complexity index is 539. The fourth-order valence-corrected chi connectivity index (χ4v) is 1.75. The van der Waals surface area contributed by atoms with Gasteiger partial charge in [0.05, 0.1) is 12.5 Å². The minimum absolute atomic E-state index is 0.0476. The summed E-state index contributed by atoms with van der Waals surface area (Å²) in [7, 11) is 1.85. The van der Waals surface area contributed by atoms with Crippen LogP contribution < -0.4 is 5.32 Å². The van der Waals surface area contributed by atoms with Crippen LogP contribution in [-0.2, 0) is 0 Å². The smallest absolute Gasteiger partial charge is 0.192 e. The van der Waals surface area contributed by atoms with Crippen LogP contribution in [-0.4, -0.2) is 12.0 Å². The second-order valence-electron chi connectivity index (χ2n) is 3.66. The molecule has 1 aromatic carbocycles. The summed E-state index contributed by atoms with van der Waals surface area (Å²) in [6, 6.07) is 8.03. The number of aryl methyl sites for hydroxylation is 1. The molecule has 1 heterocycles. The van der Waals surface area contributed by atoms with E-state index in [1.807, 2.05) is 32.2 Å². The molecule has 0 spiro atoms. The van der Waals surface area contributed by atoms with Gasteiger partial charge in [0.25, 0.3) is 0 Å². The summed E-state index contributed by atoms with van der Waals surface area (Å²) in [6.07, 6.45) is 0.443. The van der Waals surface area contributed by atoms with Crippen molar-refractivity contribution in [3.8, 4) is 6.07 Å². The van der Waals surface area contributed by atoms with E-state index in [1.54, 1.807) is 0 Å². The predicted octanol–water partition coefficient (Wildman–Crippen LogP) is 2.31. The van der Waals surface area contributed by atoms with Gasteiger partial charge in [-0.1, -0.05) is 6.07 Å². The number of nitriles is 1. The molecule has 1 N–H and O–H groups in total. The number of benzene rings is 1. The zero-order valence-corrected chi connectivity index (χ0v) is 9.32. The quantitative estimate of drug-likeness (QED) is 0.853. The lowest BCUT2D eigenvalue weighted by Crippen LogP contribution is -2.15. The van der Waals surface area contributed by atoms with Gasteiger partial charge in [-0.2, -0.15) is 5.26 Å². The van der Waals surface area contributed by atoms with Gasteiger partial charge in [-0.05, 0) is 24.7 Å². The van der Waals surface area contributed by atoms with Crippen molar-refractivity contribution in [3.63, 3.8) is 0 Å². The van der Waals surface area contributed by atoms with E-state index in [1.165, 1.54) is 0 Å². The van der Waals surface area contributed by atoms with Crippen LogP contribution in [0.4, 0.5) is 0 Å². The van der Waals surface area contributed by atoms with Crippen LogP contribution in [0.25, 0.3) is 11.1 Å². The number of nitrogens with zero attached hydrogens (tertiary/aromatic N) is 2. The highest BCUT2D eigenvalue weighted by atomic mass is 16.3. The lowest BCUT2D eigenvalue weighted by molar-refractivity contribution is 0.560. The fraction of sp³-hybridized carbons (Fsp3) is 0.333. The number of nitrogens with one attached hydrogen (secondary N) is 1. The Labute approximate surface area is 93.9 Å². The molecule has 0 aliphatic rings. The first-order valence-electron chi connectivity index (χ1n) is 5.16. The highest BCUT2D eigenvalue weighted by Gasteiger charge is 2.10. The van der Waals surface area contributed by atoms with Crippen molar-refractivity contribution < 1.29 is 4.42 Å². The Hall–Kier alpha value is -1.86. The molecule has 0 aliphatic heterocycles. The van der Waals surface area contributed by atoms with E-state index >= 15 is 0 Å². The van der Waals surface area contributed by atoms with Crippen LogP contribution in [0.1, 0.15) is 23.9 Å². The topological polar surface area (TPSA) is 61.9 Å². The van der Waals surface area contributed by atoms with E-state index < -0.39 is 0 Å². The molecule has 1 aromatic heterocycles. The first-order chi connectivity index (χ1) is 7.74. The van der Waals surface area contributed by atoms with E-state index in [-0.39, 0.29) is 6.04 Å². The molecule has 0 bridgehead atoms. The number of oxazole rings is 1. The summed E-state index contributed by atoms with van der Waals surface area (Å²) in [6.45, 7) is 1.82. The van der Waals surface area contributed by atoms with E-state index in [0.29, 0.717) is 12.3 Å².